The Morgan fingerprint density at radius 2 is 1.94 bits per heavy atom. The number of carboxylic acids is 2. The summed E-state index contributed by atoms with van der Waals surface area (Å²) < 4.78 is 1.76. The number of benzene rings is 1. The van der Waals surface area contributed by atoms with Crippen LogP contribution in [0.1, 0.15) is 39.3 Å². The second kappa shape index (κ2) is 14.1. The van der Waals surface area contributed by atoms with E-state index in [1.807, 2.05) is 6.92 Å². The molecule has 3 aliphatic heterocycles. The molecule has 3 aromatic rings. The first-order valence-electron chi connectivity index (χ1n) is 16.3. The smallest absolute Gasteiger partial charge is 0.350 e. The predicted molar refractivity (Wildman–Crippen MR) is 191 cm³/mol. The number of aromatic hydroxyl groups is 2. The van der Waals surface area contributed by atoms with Crippen molar-refractivity contribution in [2.75, 3.05) is 31.9 Å². The number of rotatable bonds is 12. The minimum Gasteiger partial charge on any atom is -0.543 e. The molecule has 2 saturated heterocycles. The van der Waals surface area contributed by atoms with Gasteiger partial charge in [0.15, 0.2) is 22.3 Å². The fourth-order valence-corrected chi connectivity index (χ4v) is 8.87. The summed E-state index contributed by atoms with van der Waals surface area (Å²) >= 11 is 8.47. The Hall–Kier alpha value is -4.92. The molecule has 53 heavy (non-hydrogen) atoms. The number of aromatic nitrogens is 3. The number of phenolic OH excluding ortho intramolecular Hbond substituents is 2. The number of hydrogen-bond acceptors (Lipinski definition) is 15. The number of halogens is 1. The van der Waals surface area contributed by atoms with Crippen LogP contribution < -0.4 is 21.7 Å². The fraction of sp³-hybridized carbons (Fsp3) is 0.438. The number of thioether (sulfide) groups is 1. The zero-order chi connectivity index (χ0) is 38.6. The van der Waals surface area contributed by atoms with Crippen LogP contribution in [0.15, 0.2) is 39.0 Å². The lowest BCUT2D eigenvalue weighted by Gasteiger charge is -2.53. The molecule has 2 aromatic heterocycles. The number of likely N-dealkylation sites (tertiary alicyclic amines) is 1. The van der Waals surface area contributed by atoms with Gasteiger partial charge < -0.3 is 45.6 Å². The zero-order valence-corrected chi connectivity index (χ0v) is 31.0. The van der Waals surface area contributed by atoms with Crippen LogP contribution in [0.4, 0.5) is 5.13 Å². The number of quaternary nitrogens is 1. The summed E-state index contributed by atoms with van der Waals surface area (Å²) in [7, 11) is 0. The van der Waals surface area contributed by atoms with Gasteiger partial charge in [-0.25, -0.2) is 14.8 Å². The number of phenols is 2. The van der Waals surface area contributed by atoms with Gasteiger partial charge in [0.25, 0.3) is 17.4 Å². The predicted octanol–water partition coefficient (Wildman–Crippen LogP) is 0.187. The van der Waals surface area contributed by atoms with Crippen molar-refractivity contribution < 1.29 is 48.9 Å². The molecule has 2 fully saturated rings. The number of nitrogens with zero attached hydrogens (tertiary/aromatic N) is 6. The lowest BCUT2D eigenvalue weighted by molar-refractivity contribution is -0.913. The highest BCUT2D eigenvalue weighted by Crippen LogP contribution is 2.45. The van der Waals surface area contributed by atoms with E-state index >= 15 is 0 Å². The van der Waals surface area contributed by atoms with Crippen molar-refractivity contribution in [1.29, 1.82) is 0 Å². The second-order valence-corrected chi connectivity index (χ2v) is 16.2. The molecule has 0 unspecified atom stereocenters. The largest absolute Gasteiger partial charge is 0.543 e. The Morgan fingerprint density at radius 1 is 1.25 bits per heavy atom. The molecule has 6 N–H and O–H groups in total. The van der Waals surface area contributed by atoms with E-state index < -0.39 is 68.8 Å². The van der Waals surface area contributed by atoms with Crippen LogP contribution in [0.25, 0.3) is 10.9 Å². The normalized spacial score (nSPS) is 21.4. The van der Waals surface area contributed by atoms with Crippen LogP contribution in [-0.4, -0.2) is 117 Å². The van der Waals surface area contributed by atoms with Crippen molar-refractivity contribution in [1.82, 2.24) is 24.8 Å². The van der Waals surface area contributed by atoms with E-state index in [1.54, 1.807) is 0 Å². The van der Waals surface area contributed by atoms with Gasteiger partial charge in [-0.2, -0.15) is 0 Å². The first kappa shape index (κ1) is 37.8. The number of nitrogens with one attached hydrogen (secondary N) is 1. The average molecular weight is 791 g/mol. The van der Waals surface area contributed by atoms with Crippen molar-refractivity contribution >= 4 is 80.2 Å². The van der Waals surface area contributed by atoms with Gasteiger partial charge in [0.2, 0.25) is 5.60 Å². The third-order valence-corrected chi connectivity index (χ3v) is 12.1. The maximum atomic E-state index is 13.6. The molecule has 2 amide bonds. The maximum absolute atomic E-state index is 13.6. The van der Waals surface area contributed by atoms with E-state index in [9.17, 15) is 44.4 Å². The van der Waals surface area contributed by atoms with E-state index in [4.69, 9.17) is 22.2 Å². The molecule has 6 rings (SSSR count). The molecular weight excluding hydrogens is 756 g/mol. The van der Waals surface area contributed by atoms with Crippen LogP contribution in [0.5, 0.6) is 11.5 Å². The molecule has 3 atom stereocenters. The Labute approximate surface area is 314 Å². The summed E-state index contributed by atoms with van der Waals surface area (Å²) in [5.41, 5.74) is 3.28. The summed E-state index contributed by atoms with van der Waals surface area (Å²) in [5, 5.41) is 48.4. The molecule has 0 radical (unpaired) electrons. The first-order valence-corrected chi connectivity index (χ1v) is 18.5. The second-order valence-electron chi connectivity index (χ2n) is 13.5. The van der Waals surface area contributed by atoms with Gasteiger partial charge in [0.05, 0.1) is 55.1 Å². The molecule has 1 aromatic carbocycles. The SMILES string of the molecule is C[C@@H]1S[C@@H]2[C@H](NC(=O)/C(=N\OC(C)(C)C(=O)O)c3csc(N)n3)C(=O)N2C(C(=O)[O-])=C1C[N+]1(CCn2cnc3cc(O)c(O)c(Cl)c3c2=O)CCCC1. The maximum Gasteiger partial charge on any atom is 0.350 e. The average Bonchev–Trinajstić information content (AvgIpc) is 3.75. The number of anilines is 1. The number of carbonyl (C=O) groups excluding carboxylic acids is 3. The third-order valence-electron chi connectivity index (χ3n) is 9.61. The van der Waals surface area contributed by atoms with E-state index in [0.29, 0.717) is 29.7 Å². The number of hydrogen-bond donors (Lipinski definition) is 5. The number of carbonyl (C=O) groups is 4. The van der Waals surface area contributed by atoms with Crippen LogP contribution >= 0.6 is 34.7 Å². The minimum absolute atomic E-state index is 0.0148. The van der Waals surface area contributed by atoms with Crippen molar-refractivity contribution in [3.63, 3.8) is 0 Å². The van der Waals surface area contributed by atoms with Gasteiger partial charge >= 0.3 is 5.97 Å². The quantitative estimate of drug-likeness (QED) is 0.0539. The van der Waals surface area contributed by atoms with Crippen molar-refractivity contribution in [3.05, 3.63) is 50.1 Å². The summed E-state index contributed by atoms with van der Waals surface area (Å²) in [4.78, 5) is 79.3. The van der Waals surface area contributed by atoms with E-state index in [0.717, 1.165) is 35.1 Å². The topological polar surface area (TPSA) is 263 Å². The lowest BCUT2D eigenvalue weighted by atomic mass is 9.99. The first-order chi connectivity index (χ1) is 24.9. The van der Waals surface area contributed by atoms with Crippen LogP contribution in [0.2, 0.25) is 5.02 Å². The van der Waals surface area contributed by atoms with Crippen LogP contribution in [0.3, 0.4) is 0 Å². The number of oxime groups is 1. The monoisotopic (exact) mass is 790 g/mol. The highest BCUT2D eigenvalue weighted by atomic mass is 35.5. The van der Waals surface area contributed by atoms with Crippen LogP contribution in [0, 0.1) is 0 Å². The molecule has 0 aliphatic carbocycles. The fourth-order valence-electron chi connectivity index (χ4n) is 6.61. The van der Waals surface area contributed by atoms with E-state index in [2.05, 4.69) is 20.4 Å². The van der Waals surface area contributed by atoms with Crippen molar-refractivity contribution in [2.45, 2.75) is 62.4 Å². The number of nitrogens with two attached hydrogens (primary N) is 1. The molecule has 0 bridgehead atoms. The van der Waals surface area contributed by atoms with Crippen LogP contribution in [-0.2, 0) is 30.6 Å². The Balaban J connectivity index is 1.24. The molecule has 3 aliphatic rings. The van der Waals surface area contributed by atoms with Gasteiger partial charge in [0.1, 0.15) is 28.7 Å². The lowest BCUT2D eigenvalue weighted by Crippen LogP contribution is -2.72. The van der Waals surface area contributed by atoms with Gasteiger partial charge in [-0.15, -0.1) is 23.1 Å². The number of carboxylic acid groups (broad SMARTS) is 2. The van der Waals surface area contributed by atoms with Gasteiger partial charge in [-0.3, -0.25) is 23.9 Å². The number of β-lactam (4-membered cyclic amide) rings is 1. The van der Waals surface area contributed by atoms with Crippen molar-refractivity contribution in [2.24, 2.45) is 5.16 Å². The molecule has 18 nitrogen and oxygen atoms in total. The Morgan fingerprint density at radius 3 is 2.57 bits per heavy atom. The van der Waals surface area contributed by atoms with E-state index in [-0.39, 0.29) is 45.5 Å². The zero-order valence-electron chi connectivity index (χ0n) is 28.6. The highest BCUT2D eigenvalue weighted by Gasteiger charge is 2.55. The Kier molecular flexibility index (Phi) is 10.1. The molecule has 0 saturated carbocycles. The number of aliphatic carboxylic acids is 2. The summed E-state index contributed by atoms with van der Waals surface area (Å²) in [6.07, 6.45) is 3.02. The van der Waals surface area contributed by atoms with Gasteiger partial charge in [-0.1, -0.05) is 16.8 Å². The van der Waals surface area contributed by atoms with Gasteiger partial charge in [-0.05, 0) is 20.8 Å². The summed E-state index contributed by atoms with van der Waals surface area (Å²) in [6, 6.07) is -0.0242. The van der Waals surface area contributed by atoms with E-state index in [1.165, 1.54) is 41.9 Å². The Bertz CT molecular complexity index is 2160. The standard InChI is InChI=1S/C32H35ClN8O10S2/c1-14-15(11-41(7-4-5-8-41)9-6-39-13-35-16-10-18(42)24(43)20(33)19(16)26(39)45)23(29(47)48)40-27(46)22(28(40)53-14)37-25(44)21(17-12-52-31(34)36-17)38-51-32(2,3)30(49)50/h10,12-14,22,28H,4-9,11H2,1-3H3,(H6-,34,36,37,38,42,43,44,45,47,48,49,50)/t14-,22+,28+/m0/s1. The summed E-state index contributed by atoms with van der Waals surface area (Å²) in [5.74, 6) is -5.65. The highest BCUT2D eigenvalue weighted by molar-refractivity contribution is 8.00. The molecular formula is C32H35ClN8O10S2. The molecule has 282 valence electrons. The van der Waals surface area contributed by atoms with Gasteiger partial charge in [0, 0.05) is 35.1 Å². The molecule has 21 heteroatoms. The van der Waals surface area contributed by atoms with Crippen molar-refractivity contribution in [3.8, 4) is 11.5 Å². The number of fused-ring (bicyclic) bond motifs is 2. The molecule has 5 heterocycles. The summed E-state index contributed by atoms with van der Waals surface area (Å²) in [6.45, 7) is 6.43. The molecule has 0 spiro atoms. The number of thiazole rings is 1. The minimum atomic E-state index is -1.81. The number of nitrogen functional groups attached to an aromatic ring is 1. The third kappa shape index (κ3) is 6.98. The number of amides is 2.